The van der Waals surface area contributed by atoms with Gasteiger partial charge >= 0.3 is 0 Å². The molecule has 0 aliphatic heterocycles. The number of methoxy groups -OCH3 is 1. The smallest absolute Gasteiger partial charge is 0.274 e. The first-order valence-electron chi connectivity index (χ1n) is 9.26. The summed E-state index contributed by atoms with van der Waals surface area (Å²) in [7, 11) is 1.69. The van der Waals surface area contributed by atoms with Crippen molar-refractivity contribution in [2.45, 2.75) is 32.9 Å². The second kappa shape index (κ2) is 7.57. The summed E-state index contributed by atoms with van der Waals surface area (Å²) < 4.78 is 9.13. The van der Waals surface area contributed by atoms with Crippen LogP contribution in [0.4, 0.5) is 0 Å². The molecule has 0 saturated carbocycles. The summed E-state index contributed by atoms with van der Waals surface area (Å²) in [5, 5.41) is 18.2. The van der Waals surface area contributed by atoms with Gasteiger partial charge in [0, 0.05) is 30.0 Å². The number of aromatic nitrogens is 4. The highest BCUT2D eigenvalue weighted by Gasteiger charge is 2.26. The summed E-state index contributed by atoms with van der Waals surface area (Å²) >= 11 is 0. The van der Waals surface area contributed by atoms with E-state index in [9.17, 15) is 4.79 Å². The van der Waals surface area contributed by atoms with E-state index in [1.807, 2.05) is 28.4 Å². The predicted molar refractivity (Wildman–Crippen MR) is 102 cm³/mol. The molecule has 4 rings (SSSR count). The zero-order valence-corrected chi connectivity index (χ0v) is 16.0. The van der Waals surface area contributed by atoms with E-state index >= 15 is 0 Å². The maximum Gasteiger partial charge on any atom is 0.274 e. The Kier molecular flexibility index (Phi) is 4.97. The number of amides is 1. The van der Waals surface area contributed by atoms with Crippen LogP contribution in [0.2, 0.25) is 0 Å². The molecular weight excluding hydrogens is 358 g/mol. The fraction of sp³-hybridized carbons (Fsp3) is 0.350. The van der Waals surface area contributed by atoms with E-state index < -0.39 is 5.91 Å². The van der Waals surface area contributed by atoms with Crippen LogP contribution in [0.3, 0.4) is 0 Å². The number of nitrogens with zero attached hydrogens (tertiary/aromatic N) is 4. The van der Waals surface area contributed by atoms with Gasteiger partial charge in [-0.15, -0.1) is 0 Å². The lowest BCUT2D eigenvalue weighted by Gasteiger charge is -2.14. The maximum absolute atomic E-state index is 11.5. The summed E-state index contributed by atoms with van der Waals surface area (Å²) in [4.78, 5) is 11.5. The van der Waals surface area contributed by atoms with Crippen molar-refractivity contribution in [3.8, 4) is 11.3 Å². The zero-order chi connectivity index (χ0) is 19.7. The highest BCUT2D eigenvalue weighted by molar-refractivity contribution is 5.93. The molecule has 1 aliphatic rings. The molecule has 2 N–H and O–H groups in total. The van der Waals surface area contributed by atoms with Gasteiger partial charge in [0.05, 0.1) is 36.8 Å². The minimum atomic E-state index is -0.521. The molecule has 0 radical (unpaired) electrons. The van der Waals surface area contributed by atoms with E-state index in [2.05, 4.69) is 6.20 Å². The van der Waals surface area contributed by atoms with Gasteiger partial charge in [-0.2, -0.15) is 10.2 Å². The van der Waals surface area contributed by atoms with E-state index in [1.54, 1.807) is 24.7 Å². The van der Waals surface area contributed by atoms with Crippen molar-refractivity contribution in [1.82, 2.24) is 25.0 Å². The summed E-state index contributed by atoms with van der Waals surface area (Å²) in [5.41, 5.74) is 8.75. The molecule has 0 saturated heterocycles. The van der Waals surface area contributed by atoms with Crippen LogP contribution in [-0.2, 0) is 30.7 Å². The first-order chi connectivity index (χ1) is 13.6. The molecule has 28 heavy (non-hydrogen) atoms. The van der Waals surface area contributed by atoms with Crippen LogP contribution in [0.15, 0.2) is 30.5 Å². The average molecular weight is 381 g/mol. The highest BCUT2D eigenvalue weighted by Crippen LogP contribution is 2.35. The molecule has 1 aromatic carbocycles. The number of hydroxylamine groups is 1. The molecular formula is C20H23N5O3. The monoisotopic (exact) mass is 381 g/mol. The van der Waals surface area contributed by atoms with Crippen molar-refractivity contribution in [3.05, 3.63) is 58.5 Å². The molecule has 0 fully saturated rings. The second-order valence-electron chi connectivity index (χ2n) is 6.95. The lowest BCUT2D eigenvalue weighted by molar-refractivity contribution is 0.0706. The Morgan fingerprint density at radius 3 is 2.75 bits per heavy atom. The number of benzene rings is 1. The van der Waals surface area contributed by atoms with E-state index in [0.29, 0.717) is 18.7 Å². The van der Waals surface area contributed by atoms with Gasteiger partial charge in [-0.05, 0) is 37.5 Å². The number of hydrogen-bond donors (Lipinski definition) is 2. The number of aryl methyl sites for hydroxylation is 2. The molecule has 8 nitrogen and oxygen atoms in total. The van der Waals surface area contributed by atoms with Crippen molar-refractivity contribution in [2.75, 3.05) is 13.7 Å². The molecule has 2 aromatic heterocycles. The Balaban J connectivity index is 1.65. The maximum atomic E-state index is 11.5. The molecule has 1 amide bonds. The number of fused-ring (bicyclic) bond motifs is 3. The Bertz CT molecular complexity index is 1000. The summed E-state index contributed by atoms with van der Waals surface area (Å²) in [6.45, 7) is 3.99. The van der Waals surface area contributed by atoms with Crippen LogP contribution >= 0.6 is 0 Å². The normalized spacial score (nSPS) is 12.5. The summed E-state index contributed by atoms with van der Waals surface area (Å²) in [6, 6.07) is 7.13. The molecule has 3 aromatic rings. The predicted octanol–water partition coefficient (Wildman–Crippen LogP) is 1.97. The van der Waals surface area contributed by atoms with Gasteiger partial charge < -0.3 is 4.74 Å². The fourth-order valence-electron chi connectivity index (χ4n) is 3.72. The molecule has 0 unspecified atom stereocenters. The Hall–Kier alpha value is -2.97. The first kappa shape index (κ1) is 18.4. The Labute approximate surface area is 162 Å². The lowest BCUT2D eigenvalue weighted by Crippen LogP contribution is -2.18. The van der Waals surface area contributed by atoms with E-state index in [4.69, 9.17) is 20.1 Å². The standard InChI is InChI=1S/C20H23N5O3/c1-13-16-7-8-18-17(12-24(22-18)9-10-28-2)19(16)25(21-13)11-14-3-5-15(6-4-14)20(26)23-27/h3-6,12,27H,7-11H2,1-2H3,(H,23,26). The molecule has 0 spiro atoms. The SMILES string of the molecule is COCCn1cc2c(n1)CCc1c(C)nn(Cc3ccc(C(=O)NO)cc3)c1-2. The fourth-order valence-corrected chi connectivity index (χ4v) is 3.72. The van der Waals surface area contributed by atoms with E-state index in [0.717, 1.165) is 47.6 Å². The van der Waals surface area contributed by atoms with Crippen molar-refractivity contribution < 1.29 is 14.7 Å². The van der Waals surface area contributed by atoms with Crippen molar-refractivity contribution in [3.63, 3.8) is 0 Å². The van der Waals surface area contributed by atoms with Gasteiger partial charge in [0.25, 0.3) is 5.91 Å². The number of ether oxygens (including phenoxy) is 1. The topological polar surface area (TPSA) is 94.2 Å². The highest BCUT2D eigenvalue weighted by atomic mass is 16.5. The number of carbonyl (C=O) groups is 1. The molecule has 0 bridgehead atoms. The second-order valence-corrected chi connectivity index (χ2v) is 6.95. The van der Waals surface area contributed by atoms with E-state index in [1.165, 1.54) is 5.56 Å². The quantitative estimate of drug-likeness (QED) is 0.503. The first-order valence-corrected chi connectivity index (χ1v) is 9.26. The van der Waals surface area contributed by atoms with Gasteiger partial charge in [-0.3, -0.25) is 19.4 Å². The average Bonchev–Trinajstić information content (AvgIpc) is 3.27. The van der Waals surface area contributed by atoms with Crippen molar-refractivity contribution in [2.24, 2.45) is 0 Å². The number of nitrogens with one attached hydrogen (secondary N) is 1. The summed E-state index contributed by atoms with van der Waals surface area (Å²) in [5.74, 6) is -0.521. The third-order valence-corrected chi connectivity index (χ3v) is 5.13. The molecule has 2 heterocycles. The summed E-state index contributed by atoms with van der Waals surface area (Å²) in [6.07, 6.45) is 3.93. The number of carbonyl (C=O) groups excluding carboxylic acids is 1. The van der Waals surface area contributed by atoms with Crippen LogP contribution in [0.25, 0.3) is 11.3 Å². The van der Waals surface area contributed by atoms with Crippen molar-refractivity contribution in [1.29, 1.82) is 0 Å². The van der Waals surface area contributed by atoms with Gasteiger partial charge in [0.15, 0.2) is 0 Å². The lowest BCUT2D eigenvalue weighted by atomic mass is 9.94. The Morgan fingerprint density at radius 2 is 2.04 bits per heavy atom. The van der Waals surface area contributed by atoms with Crippen molar-refractivity contribution >= 4 is 5.91 Å². The van der Waals surface area contributed by atoms with Gasteiger partial charge in [-0.1, -0.05) is 12.1 Å². The van der Waals surface area contributed by atoms with Crippen LogP contribution in [-0.4, -0.2) is 44.4 Å². The van der Waals surface area contributed by atoms with Gasteiger partial charge in [0.2, 0.25) is 0 Å². The largest absolute Gasteiger partial charge is 0.383 e. The van der Waals surface area contributed by atoms with Crippen LogP contribution in [0.5, 0.6) is 0 Å². The molecule has 1 aliphatic carbocycles. The third kappa shape index (κ3) is 3.32. The van der Waals surface area contributed by atoms with E-state index in [-0.39, 0.29) is 0 Å². The molecule has 8 heteroatoms. The molecule has 0 atom stereocenters. The minimum Gasteiger partial charge on any atom is -0.383 e. The third-order valence-electron chi connectivity index (χ3n) is 5.13. The van der Waals surface area contributed by atoms with Gasteiger partial charge in [0.1, 0.15) is 0 Å². The van der Waals surface area contributed by atoms with Crippen LogP contribution < -0.4 is 5.48 Å². The molecule has 146 valence electrons. The minimum absolute atomic E-state index is 0.409. The number of rotatable bonds is 6. The zero-order valence-electron chi connectivity index (χ0n) is 16.0. The number of hydrogen-bond acceptors (Lipinski definition) is 5. The van der Waals surface area contributed by atoms with Gasteiger partial charge in [-0.25, -0.2) is 5.48 Å². The van der Waals surface area contributed by atoms with Crippen LogP contribution in [0.1, 0.15) is 32.9 Å². The van der Waals surface area contributed by atoms with Crippen LogP contribution in [0, 0.1) is 6.92 Å². The Morgan fingerprint density at radius 1 is 1.25 bits per heavy atom.